The lowest BCUT2D eigenvalue weighted by atomic mass is 10.1. The summed E-state index contributed by atoms with van der Waals surface area (Å²) >= 11 is 0. The second kappa shape index (κ2) is 8.52. The number of aromatic nitrogens is 2. The highest BCUT2D eigenvalue weighted by Gasteiger charge is 2.22. The number of H-pyrrole nitrogens is 1. The van der Waals surface area contributed by atoms with Gasteiger partial charge in [0.25, 0.3) is 5.91 Å². The molecule has 0 aliphatic rings. The summed E-state index contributed by atoms with van der Waals surface area (Å²) in [7, 11) is 0. The standard InChI is InChI=1S/C22H23N3O3/c1-4-19(21(26)25-18-8-6-5-7-9-18)28-22(27)17-12-10-16(11-13-17)20-23-14(2)15(3)24-20/h5-13,19H,4H2,1-3H3,(H,23,24)(H,25,26). The summed E-state index contributed by atoms with van der Waals surface area (Å²) < 4.78 is 5.41. The normalized spacial score (nSPS) is 11.7. The number of anilines is 1. The number of ether oxygens (including phenoxy) is 1. The molecule has 2 aromatic carbocycles. The number of carbonyl (C=O) groups is 2. The van der Waals surface area contributed by atoms with E-state index in [-0.39, 0.29) is 5.91 Å². The summed E-state index contributed by atoms with van der Waals surface area (Å²) in [6.45, 7) is 5.70. The summed E-state index contributed by atoms with van der Waals surface area (Å²) in [4.78, 5) is 32.5. The van der Waals surface area contributed by atoms with E-state index in [9.17, 15) is 9.59 Å². The van der Waals surface area contributed by atoms with E-state index in [4.69, 9.17) is 4.74 Å². The Morgan fingerprint density at radius 1 is 1.07 bits per heavy atom. The number of esters is 1. The highest BCUT2D eigenvalue weighted by molar-refractivity contribution is 5.97. The van der Waals surface area contributed by atoms with E-state index in [1.807, 2.05) is 32.0 Å². The molecule has 3 rings (SSSR count). The summed E-state index contributed by atoms with van der Waals surface area (Å²) in [6.07, 6.45) is -0.476. The second-order valence-electron chi connectivity index (χ2n) is 6.53. The van der Waals surface area contributed by atoms with Crippen LogP contribution in [0.4, 0.5) is 5.69 Å². The molecule has 0 spiro atoms. The Morgan fingerprint density at radius 2 is 1.75 bits per heavy atom. The number of aromatic amines is 1. The number of rotatable bonds is 6. The molecule has 0 radical (unpaired) electrons. The van der Waals surface area contributed by atoms with Gasteiger partial charge >= 0.3 is 5.97 Å². The predicted octanol–water partition coefficient (Wildman–Crippen LogP) is 4.27. The van der Waals surface area contributed by atoms with Crippen molar-refractivity contribution >= 4 is 17.6 Å². The quantitative estimate of drug-likeness (QED) is 0.629. The molecule has 0 aliphatic heterocycles. The van der Waals surface area contributed by atoms with Gasteiger partial charge in [-0.15, -0.1) is 0 Å². The molecule has 3 aromatic rings. The number of amides is 1. The molecule has 2 N–H and O–H groups in total. The Bertz CT molecular complexity index is 943. The number of para-hydroxylation sites is 1. The van der Waals surface area contributed by atoms with Crippen LogP contribution >= 0.6 is 0 Å². The van der Waals surface area contributed by atoms with Gasteiger partial charge in [0.2, 0.25) is 0 Å². The summed E-state index contributed by atoms with van der Waals surface area (Å²) in [5.74, 6) is -0.128. The van der Waals surface area contributed by atoms with Crippen LogP contribution in [0.1, 0.15) is 35.1 Å². The van der Waals surface area contributed by atoms with Crippen molar-refractivity contribution in [2.24, 2.45) is 0 Å². The number of nitrogens with one attached hydrogen (secondary N) is 2. The molecule has 144 valence electrons. The maximum absolute atomic E-state index is 12.5. The minimum atomic E-state index is -0.859. The number of benzene rings is 2. The molecule has 1 unspecified atom stereocenters. The van der Waals surface area contributed by atoms with Gasteiger partial charge in [-0.3, -0.25) is 4.79 Å². The molecule has 0 saturated heterocycles. The van der Waals surface area contributed by atoms with Crippen LogP contribution in [-0.4, -0.2) is 27.9 Å². The van der Waals surface area contributed by atoms with Crippen molar-refractivity contribution in [2.45, 2.75) is 33.3 Å². The molecule has 1 amide bonds. The van der Waals surface area contributed by atoms with E-state index in [2.05, 4.69) is 15.3 Å². The van der Waals surface area contributed by atoms with Gasteiger partial charge in [-0.25, -0.2) is 9.78 Å². The average Bonchev–Trinajstić information content (AvgIpc) is 3.05. The molecule has 28 heavy (non-hydrogen) atoms. The zero-order valence-electron chi connectivity index (χ0n) is 16.2. The fourth-order valence-corrected chi connectivity index (χ4v) is 2.71. The third-order valence-electron chi connectivity index (χ3n) is 4.48. The van der Waals surface area contributed by atoms with Gasteiger partial charge in [-0.05, 0) is 44.5 Å². The molecule has 0 fully saturated rings. The molecular weight excluding hydrogens is 354 g/mol. The van der Waals surface area contributed by atoms with Crippen LogP contribution in [0.3, 0.4) is 0 Å². The van der Waals surface area contributed by atoms with E-state index in [0.29, 0.717) is 17.7 Å². The van der Waals surface area contributed by atoms with Gasteiger partial charge < -0.3 is 15.0 Å². The van der Waals surface area contributed by atoms with Gasteiger partial charge in [-0.1, -0.05) is 37.3 Å². The minimum absolute atomic E-state index is 0.347. The Kier molecular flexibility index (Phi) is 5.89. The third kappa shape index (κ3) is 4.46. The maximum atomic E-state index is 12.5. The molecule has 6 heteroatoms. The molecule has 0 saturated carbocycles. The van der Waals surface area contributed by atoms with E-state index in [0.717, 1.165) is 22.8 Å². The van der Waals surface area contributed by atoms with E-state index in [1.54, 1.807) is 43.3 Å². The van der Waals surface area contributed by atoms with Crippen LogP contribution in [0.25, 0.3) is 11.4 Å². The van der Waals surface area contributed by atoms with Gasteiger partial charge in [-0.2, -0.15) is 0 Å². The number of nitrogens with zero attached hydrogens (tertiary/aromatic N) is 1. The minimum Gasteiger partial charge on any atom is -0.449 e. The summed E-state index contributed by atoms with van der Waals surface area (Å²) in [6, 6.07) is 16.0. The van der Waals surface area contributed by atoms with E-state index < -0.39 is 12.1 Å². The van der Waals surface area contributed by atoms with Crippen LogP contribution in [0.15, 0.2) is 54.6 Å². The lowest BCUT2D eigenvalue weighted by Crippen LogP contribution is -2.32. The van der Waals surface area contributed by atoms with Crippen LogP contribution in [-0.2, 0) is 9.53 Å². The van der Waals surface area contributed by atoms with Crippen molar-refractivity contribution in [2.75, 3.05) is 5.32 Å². The highest BCUT2D eigenvalue weighted by Crippen LogP contribution is 2.19. The fourth-order valence-electron chi connectivity index (χ4n) is 2.71. The van der Waals surface area contributed by atoms with Gasteiger partial charge in [0.1, 0.15) is 5.82 Å². The number of carbonyl (C=O) groups excluding carboxylic acids is 2. The van der Waals surface area contributed by atoms with E-state index in [1.165, 1.54) is 0 Å². The SMILES string of the molecule is CCC(OC(=O)c1ccc(-c2nc(C)c(C)[nH]2)cc1)C(=O)Nc1ccccc1. The van der Waals surface area contributed by atoms with Crippen LogP contribution in [0.2, 0.25) is 0 Å². The second-order valence-corrected chi connectivity index (χ2v) is 6.53. The summed E-state index contributed by atoms with van der Waals surface area (Å²) in [5.41, 5.74) is 3.87. The van der Waals surface area contributed by atoms with Gasteiger partial charge in [0.15, 0.2) is 6.10 Å². The molecule has 0 bridgehead atoms. The Balaban J connectivity index is 1.66. The van der Waals surface area contributed by atoms with Crippen molar-refractivity contribution < 1.29 is 14.3 Å². The Hall–Kier alpha value is -3.41. The molecule has 1 heterocycles. The topological polar surface area (TPSA) is 84.1 Å². The third-order valence-corrected chi connectivity index (χ3v) is 4.48. The first-order chi connectivity index (χ1) is 13.5. The first kappa shape index (κ1) is 19.4. The zero-order valence-corrected chi connectivity index (χ0v) is 16.2. The summed E-state index contributed by atoms with van der Waals surface area (Å²) in [5, 5.41) is 2.76. The van der Waals surface area contributed by atoms with Gasteiger partial charge in [0, 0.05) is 16.9 Å². The Morgan fingerprint density at radius 3 is 2.32 bits per heavy atom. The smallest absolute Gasteiger partial charge is 0.338 e. The van der Waals surface area contributed by atoms with Crippen molar-refractivity contribution in [3.05, 3.63) is 71.5 Å². The molecule has 1 aromatic heterocycles. The molecule has 1 atom stereocenters. The van der Waals surface area contributed by atoms with Crippen LogP contribution < -0.4 is 5.32 Å². The number of hydrogen-bond donors (Lipinski definition) is 2. The zero-order chi connectivity index (χ0) is 20.1. The largest absolute Gasteiger partial charge is 0.449 e. The number of aryl methyl sites for hydroxylation is 2. The van der Waals surface area contributed by atoms with Crippen molar-refractivity contribution in [1.82, 2.24) is 9.97 Å². The average molecular weight is 377 g/mol. The first-order valence-corrected chi connectivity index (χ1v) is 9.18. The van der Waals surface area contributed by atoms with E-state index >= 15 is 0 Å². The molecule has 0 aliphatic carbocycles. The Labute approximate surface area is 164 Å². The number of hydrogen-bond acceptors (Lipinski definition) is 4. The van der Waals surface area contributed by atoms with Gasteiger partial charge in [0.05, 0.1) is 11.3 Å². The monoisotopic (exact) mass is 377 g/mol. The maximum Gasteiger partial charge on any atom is 0.338 e. The van der Waals surface area contributed by atoms with Crippen molar-refractivity contribution in [1.29, 1.82) is 0 Å². The van der Waals surface area contributed by atoms with Crippen LogP contribution in [0.5, 0.6) is 0 Å². The molecular formula is C22H23N3O3. The van der Waals surface area contributed by atoms with Crippen molar-refractivity contribution in [3.8, 4) is 11.4 Å². The lowest BCUT2D eigenvalue weighted by Gasteiger charge is -2.16. The highest BCUT2D eigenvalue weighted by atomic mass is 16.5. The lowest BCUT2D eigenvalue weighted by molar-refractivity contribution is -0.124. The number of imidazole rings is 1. The first-order valence-electron chi connectivity index (χ1n) is 9.18. The predicted molar refractivity (Wildman–Crippen MR) is 108 cm³/mol. The fraction of sp³-hybridized carbons (Fsp3) is 0.227. The van der Waals surface area contributed by atoms with Crippen LogP contribution in [0, 0.1) is 13.8 Å². The molecule has 6 nitrogen and oxygen atoms in total. The van der Waals surface area contributed by atoms with Crippen molar-refractivity contribution in [3.63, 3.8) is 0 Å².